The van der Waals surface area contributed by atoms with Crippen LogP contribution in [0.25, 0.3) is 0 Å². The summed E-state index contributed by atoms with van der Waals surface area (Å²) in [5.41, 5.74) is 0.780. The van der Waals surface area contributed by atoms with E-state index in [1.807, 2.05) is 37.3 Å². The van der Waals surface area contributed by atoms with Crippen molar-refractivity contribution in [3.63, 3.8) is 0 Å². The van der Waals surface area contributed by atoms with E-state index in [0.29, 0.717) is 12.8 Å². The van der Waals surface area contributed by atoms with Crippen molar-refractivity contribution in [1.29, 1.82) is 0 Å². The molecule has 24 heavy (non-hydrogen) atoms. The fourth-order valence-electron chi connectivity index (χ4n) is 2.26. The van der Waals surface area contributed by atoms with Gasteiger partial charge in [0.15, 0.2) is 0 Å². The number of carbonyl (C=O) groups excluding carboxylic acids is 1. The summed E-state index contributed by atoms with van der Waals surface area (Å²) in [7, 11) is -3.41. The summed E-state index contributed by atoms with van der Waals surface area (Å²) in [5, 5.41) is 0. The Bertz CT molecular complexity index is 528. The van der Waals surface area contributed by atoms with Gasteiger partial charge in [0, 0.05) is 6.42 Å². The average Bonchev–Trinajstić information content (AvgIpc) is 2.45. The Morgan fingerprint density at radius 3 is 2.04 bits per heavy atom. The van der Waals surface area contributed by atoms with Gasteiger partial charge in [0.2, 0.25) is 0 Å². The second kappa shape index (κ2) is 9.97. The zero-order valence-corrected chi connectivity index (χ0v) is 16.1. The van der Waals surface area contributed by atoms with Crippen LogP contribution in [0.1, 0.15) is 59.1 Å². The molecule has 1 unspecified atom stereocenters. The molecule has 0 aliphatic carbocycles. The monoisotopic (exact) mass is 356 g/mol. The topological polar surface area (TPSA) is 61.8 Å². The van der Waals surface area contributed by atoms with Crippen molar-refractivity contribution in [2.45, 2.75) is 65.8 Å². The summed E-state index contributed by atoms with van der Waals surface area (Å²) in [4.78, 5) is 12.0. The summed E-state index contributed by atoms with van der Waals surface area (Å²) >= 11 is 0. The minimum atomic E-state index is -3.41. The van der Waals surface area contributed by atoms with Crippen LogP contribution in [0.3, 0.4) is 0 Å². The number of ether oxygens (including phenoxy) is 1. The van der Waals surface area contributed by atoms with Gasteiger partial charge in [-0.1, -0.05) is 37.3 Å². The fourth-order valence-corrected chi connectivity index (χ4v) is 4.45. The van der Waals surface area contributed by atoms with Gasteiger partial charge >= 0.3 is 13.6 Å². The molecule has 1 aromatic carbocycles. The predicted molar refractivity (Wildman–Crippen MR) is 95.1 cm³/mol. The first-order valence-electron chi connectivity index (χ1n) is 8.46. The zero-order valence-electron chi connectivity index (χ0n) is 15.2. The molecule has 0 saturated carbocycles. The SMILES string of the molecule is CCCC(=O)OC(CP(=O)(OC(C)C)OC(C)C)c1ccccc1. The molecule has 136 valence electrons. The molecular weight excluding hydrogens is 327 g/mol. The van der Waals surface area contributed by atoms with Crippen molar-refractivity contribution in [3.05, 3.63) is 35.9 Å². The Labute approximate surface area is 145 Å². The van der Waals surface area contributed by atoms with Crippen molar-refractivity contribution in [1.82, 2.24) is 0 Å². The molecule has 0 aliphatic heterocycles. The van der Waals surface area contributed by atoms with E-state index in [-0.39, 0.29) is 24.3 Å². The summed E-state index contributed by atoms with van der Waals surface area (Å²) in [5.74, 6) is -0.313. The van der Waals surface area contributed by atoms with E-state index in [2.05, 4.69) is 0 Å². The lowest BCUT2D eigenvalue weighted by atomic mass is 10.1. The number of rotatable bonds is 10. The number of hydrogen-bond acceptors (Lipinski definition) is 5. The van der Waals surface area contributed by atoms with Crippen LogP contribution in [-0.2, 0) is 23.1 Å². The molecule has 0 radical (unpaired) electrons. The Balaban J connectivity index is 3.03. The summed E-state index contributed by atoms with van der Waals surface area (Å²) in [6, 6.07) is 9.28. The van der Waals surface area contributed by atoms with Gasteiger partial charge in [-0.15, -0.1) is 0 Å². The summed E-state index contributed by atoms with van der Waals surface area (Å²) in [6.45, 7) is 9.12. The van der Waals surface area contributed by atoms with Crippen LogP contribution < -0.4 is 0 Å². The fraction of sp³-hybridized carbons (Fsp3) is 0.611. The first-order valence-corrected chi connectivity index (χ1v) is 10.2. The van der Waals surface area contributed by atoms with E-state index >= 15 is 0 Å². The van der Waals surface area contributed by atoms with E-state index in [0.717, 1.165) is 5.56 Å². The average molecular weight is 356 g/mol. The lowest BCUT2D eigenvalue weighted by molar-refractivity contribution is -0.148. The third kappa shape index (κ3) is 7.61. The van der Waals surface area contributed by atoms with Crippen molar-refractivity contribution in [2.24, 2.45) is 0 Å². The molecule has 0 saturated heterocycles. The third-order valence-corrected chi connectivity index (χ3v) is 5.30. The lowest BCUT2D eigenvalue weighted by Gasteiger charge is -2.27. The van der Waals surface area contributed by atoms with Gasteiger partial charge in [-0.2, -0.15) is 0 Å². The van der Waals surface area contributed by atoms with E-state index in [1.54, 1.807) is 27.7 Å². The van der Waals surface area contributed by atoms with Crippen molar-refractivity contribution in [2.75, 3.05) is 6.16 Å². The van der Waals surface area contributed by atoms with Gasteiger partial charge in [0.1, 0.15) is 6.10 Å². The van der Waals surface area contributed by atoms with Gasteiger partial charge < -0.3 is 13.8 Å². The predicted octanol–water partition coefficient (Wildman–Crippen LogP) is 5.11. The first kappa shape index (κ1) is 20.9. The Morgan fingerprint density at radius 1 is 1.04 bits per heavy atom. The number of esters is 1. The first-order chi connectivity index (χ1) is 11.3. The maximum absolute atomic E-state index is 13.1. The molecule has 0 bridgehead atoms. The minimum Gasteiger partial charge on any atom is -0.457 e. The Kier molecular flexibility index (Phi) is 8.68. The van der Waals surface area contributed by atoms with Crippen molar-refractivity contribution < 1.29 is 23.1 Å². The highest BCUT2D eigenvalue weighted by atomic mass is 31.2. The Hall–Kier alpha value is -1.16. The molecule has 5 nitrogen and oxygen atoms in total. The number of benzene rings is 1. The van der Waals surface area contributed by atoms with Crippen LogP contribution >= 0.6 is 7.60 Å². The summed E-state index contributed by atoms with van der Waals surface area (Å²) in [6.07, 6.45) is -0.140. The van der Waals surface area contributed by atoms with Crippen LogP contribution in [0, 0.1) is 0 Å². The highest BCUT2D eigenvalue weighted by Gasteiger charge is 2.34. The molecular formula is C18H29O5P. The second-order valence-corrected chi connectivity index (χ2v) is 8.25. The minimum absolute atomic E-state index is 0.00281. The molecule has 0 aromatic heterocycles. The van der Waals surface area contributed by atoms with Crippen LogP contribution in [0.5, 0.6) is 0 Å². The number of carbonyl (C=O) groups is 1. The highest BCUT2D eigenvalue weighted by Crippen LogP contribution is 2.53. The van der Waals surface area contributed by atoms with E-state index in [1.165, 1.54) is 0 Å². The molecule has 0 spiro atoms. The molecule has 0 fully saturated rings. The standard InChI is InChI=1S/C18H29O5P/c1-6-10-18(19)21-17(16-11-8-7-9-12-16)13-24(20,22-14(2)3)23-15(4)5/h7-9,11-12,14-15,17H,6,10,13H2,1-5H3. The largest absolute Gasteiger partial charge is 0.457 e. The summed E-state index contributed by atoms with van der Waals surface area (Å²) < 4.78 is 29.9. The van der Waals surface area contributed by atoms with Gasteiger partial charge in [0.25, 0.3) is 0 Å². The molecule has 0 aliphatic rings. The molecule has 1 aromatic rings. The molecule has 0 amide bonds. The maximum Gasteiger partial charge on any atom is 0.335 e. The molecule has 0 N–H and O–H groups in total. The van der Waals surface area contributed by atoms with E-state index < -0.39 is 13.7 Å². The highest BCUT2D eigenvalue weighted by molar-refractivity contribution is 7.53. The second-order valence-electron chi connectivity index (χ2n) is 6.24. The molecule has 6 heteroatoms. The van der Waals surface area contributed by atoms with Gasteiger partial charge in [0.05, 0.1) is 18.4 Å². The van der Waals surface area contributed by atoms with E-state index in [4.69, 9.17) is 13.8 Å². The Morgan fingerprint density at radius 2 is 1.58 bits per heavy atom. The van der Waals surface area contributed by atoms with Crippen molar-refractivity contribution in [3.8, 4) is 0 Å². The van der Waals surface area contributed by atoms with Crippen LogP contribution in [0.4, 0.5) is 0 Å². The zero-order chi connectivity index (χ0) is 18.2. The molecule has 1 atom stereocenters. The lowest BCUT2D eigenvalue weighted by Crippen LogP contribution is -2.19. The van der Waals surface area contributed by atoms with Crippen LogP contribution in [0.2, 0.25) is 0 Å². The van der Waals surface area contributed by atoms with E-state index in [9.17, 15) is 9.36 Å². The van der Waals surface area contributed by atoms with Crippen LogP contribution in [0.15, 0.2) is 30.3 Å². The maximum atomic E-state index is 13.1. The van der Waals surface area contributed by atoms with Gasteiger partial charge in [-0.05, 0) is 39.7 Å². The smallest absolute Gasteiger partial charge is 0.335 e. The van der Waals surface area contributed by atoms with Crippen molar-refractivity contribution >= 4 is 13.6 Å². The van der Waals surface area contributed by atoms with Gasteiger partial charge in [-0.3, -0.25) is 9.36 Å². The quantitative estimate of drug-likeness (QED) is 0.430. The third-order valence-electron chi connectivity index (χ3n) is 3.03. The molecule has 0 heterocycles. The van der Waals surface area contributed by atoms with Gasteiger partial charge in [-0.25, -0.2) is 0 Å². The normalized spacial score (nSPS) is 13.3. The number of hydrogen-bond donors (Lipinski definition) is 0. The van der Waals surface area contributed by atoms with Crippen LogP contribution in [-0.4, -0.2) is 24.3 Å². The molecule has 1 rings (SSSR count).